The van der Waals surface area contributed by atoms with Gasteiger partial charge in [0.05, 0.1) is 0 Å². The second-order valence-corrected chi connectivity index (χ2v) is 6.53. The zero-order valence-electron chi connectivity index (χ0n) is 14.8. The fourth-order valence-corrected chi connectivity index (χ4v) is 2.58. The predicted molar refractivity (Wildman–Crippen MR) is 99.6 cm³/mol. The summed E-state index contributed by atoms with van der Waals surface area (Å²) in [5, 5.41) is 3.03. The minimum Gasteiger partial charge on any atom is -0.484 e. The lowest BCUT2D eigenvalue weighted by Crippen LogP contribution is -2.22. The van der Waals surface area contributed by atoms with Gasteiger partial charge in [0.1, 0.15) is 5.75 Å². The van der Waals surface area contributed by atoms with Crippen LogP contribution in [0.5, 0.6) is 5.75 Å². The number of benzene rings is 2. The van der Waals surface area contributed by atoms with Gasteiger partial charge in [0.15, 0.2) is 6.61 Å². The standard InChI is InChI=1S/C20H26N2O2/c1-13(2)17-6-5-7-18(14(3)4)20(17)22-19(23)12-24-16-10-8-15(21)9-11-16/h5-11,13-14H,12,21H2,1-4H3,(H,22,23). The van der Waals surface area contributed by atoms with E-state index < -0.39 is 0 Å². The molecule has 0 aromatic heterocycles. The molecule has 0 saturated heterocycles. The zero-order chi connectivity index (χ0) is 17.7. The second kappa shape index (κ2) is 7.86. The van der Waals surface area contributed by atoms with Crippen molar-refractivity contribution in [2.45, 2.75) is 39.5 Å². The maximum atomic E-state index is 12.3. The van der Waals surface area contributed by atoms with Crippen LogP contribution in [-0.2, 0) is 4.79 Å². The number of hydrogen-bond donors (Lipinski definition) is 2. The summed E-state index contributed by atoms with van der Waals surface area (Å²) in [5.74, 6) is 1.12. The van der Waals surface area contributed by atoms with Gasteiger partial charge < -0.3 is 15.8 Å². The third-order valence-corrected chi connectivity index (χ3v) is 3.89. The van der Waals surface area contributed by atoms with Gasteiger partial charge in [-0.2, -0.15) is 0 Å². The third kappa shape index (κ3) is 4.51. The molecule has 0 aliphatic carbocycles. The molecule has 2 aromatic carbocycles. The number of para-hydroxylation sites is 1. The lowest BCUT2D eigenvalue weighted by molar-refractivity contribution is -0.118. The lowest BCUT2D eigenvalue weighted by atomic mass is 9.92. The van der Waals surface area contributed by atoms with Crippen LogP contribution >= 0.6 is 0 Å². The molecule has 0 heterocycles. The van der Waals surface area contributed by atoms with Crippen molar-refractivity contribution in [1.82, 2.24) is 0 Å². The van der Waals surface area contributed by atoms with Crippen LogP contribution in [0.3, 0.4) is 0 Å². The Bertz CT molecular complexity index is 665. The van der Waals surface area contributed by atoms with E-state index in [9.17, 15) is 4.79 Å². The molecule has 2 aromatic rings. The first-order chi connectivity index (χ1) is 11.4. The fourth-order valence-electron chi connectivity index (χ4n) is 2.58. The molecule has 0 bridgehead atoms. The van der Waals surface area contributed by atoms with Gasteiger partial charge in [0.25, 0.3) is 5.91 Å². The molecule has 0 radical (unpaired) electrons. The Labute approximate surface area is 144 Å². The first-order valence-electron chi connectivity index (χ1n) is 8.29. The molecule has 3 N–H and O–H groups in total. The van der Waals surface area contributed by atoms with Crippen LogP contribution in [0.4, 0.5) is 11.4 Å². The molecule has 0 saturated carbocycles. The van der Waals surface area contributed by atoms with Gasteiger partial charge in [0.2, 0.25) is 0 Å². The van der Waals surface area contributed by atoms with Crippen LogP contribution in [0.2, 0.25) is 0 Å². The predicted octanol–water partition coefficient (Wildman–Crippen LogP) is 4.53. The van der Waals surface area contributed by atoms with Crippen LogP contribution in [0, 0.1) is 0 Å². The molecule has 0 unspecified atom stereocenters. The second-order valence-electron chi connectivity index (χ2n) is 6.53. The molecule has 0 atom stereocenters. The van der Waals surface area contributed by atoms with Crippen molar-refractivity contribution in [1.29, 1.82) is 0 Å². The number of carbonyl (C=O) groups is 1. The molecule has 24 heavy (non-hydrogen) atoms. The van der Waals surface area contributed by atoms with E-state index in [1.807, 2.05) is 6.07 Å². The lowest BCUT2D eigenvalue weighted by Gasteiger charge is -2.20. The summed E-state index contributed by atoms with van der Waals surface area (Å²) in [6.07, 6.45) is 0. The summed E-state index contributed by atoms with van der Waals surface area (Å²) in [4.78, 5) is 12.3. The van der Waals surface area contributed by atoms with Crippen molar-refractivity contribution in [3.63, 3.8) is 0 Å². The minimum atomic E-state index is -0.165. The Morgan fingerprint density at radius 1 is 1.00 bits per heavy atom. The van der Waals surface area contributed by atoms with E-state index in [2.05, 4.69) is 45.1 Å². The van der Waals surface area contributed by atoms with E-state index >= 15 is 0 Å². The molecule has 2 rings (SSSR count). The SMILES string of the molecule is CC(C)c1cccc(C(C)C)c1NC(=O)COc1ccc(N)cc1. The van der Waals surface area contributed by atoms with Crippen LogP contribution < -0.4 is 15.8 Å². The quantitative estimate of drug-likeness (QED) is 0.766. The molecule has 4 nitrogen and oxygen atoms in total. The zero-order valence-corrected chi connectivity index (χ0v) is 14.8. The number of carbonyl (C=O) groups excluding carboxylic acids is 1. The van der Waals surface area contributed by atoms with Crippen LogP contribution in [0.15, 0.2) is 42.5 Å². The van der Waals surface area contributed by atoms with Gasteiger partial charge in [-0.3, -0.25) is 4.79 Å². The summed E-state index contributed by atoms with van der Waals surface area (Å²) in [6, 6.07) is 13.2. The normalized spacial score (nSPS) is 10.9. The molecule has 0 spiro atoms. The Hall–Kier alpha value is -2.49. The molecule has 1 amide bonds. The van der Waals surface area contributed by atoms with Gasteiger partial charge in [-0.25, -0.2) is 0 Å². The summed E-state index contributed by atoms with van der Waals surface area (Å²) in [6.45, 7) is 8.47. The van der Waals surface area contributed by atoms with Crippen molar-refractivity contribution < 1.29 is 9.53 Å². The largest absolute Gasteiger partial charge is 0.484 e. The van der Waals surface area contributed by atoms with Gasteiger partial charge in [-0.1, -0.05) is 45.9 Å². The number of nitrogens with one attached hydrogen (secondary N) is 1. The highest BCUT2D eigenvalue weighted by atomic mass is 16.5. The molecule has 0 fully saturated rings. The van der Waals surface area contributed by atoms with E-state index in [-0.39, 0.29) is 12.5 Å². The van der Waals surface area contributed by atoms with E-state index in [1.165, 1.54) is 0 Å². The average Bonchev–Trinajstić information content (AvgIpc) is 2.54. The summed E-state index contributed by atoms with van der Waals surface area (Å²) in [7, 11) is 0. The van der Waals surface area contributed by atoms with Crippen molar-refractivity contribution in [3.05, 3.63) is 53.6 Å². The maximum absolute atomic E-state index is 12.3. The Morgan fingerprint density at radius 3 is 2.04 bits per heavy atom. The third-order valence-electron chi connectivity index (χ3n) is 3.89. The number of amides is 1. The van der Waals surface area contributed by atoms with Gasteiger partial charge in [-0.15, -0.1) is 0 Å². The Balaban J connectivity index is 2.11. The van der Waals surface area contributed by atoms with E-state index in [4.69, 9.17) is 10.5 Å². The van der Waals surface area contributed by atoms with E-state index in [0.29, 0.717) is 23.3 Å². The van der Waals surface area contributed by atoms with Crippen molar-refractivity contribution >= 4 is 17.3 Å². The average molecular weight is 326 g/mol. The highest BCUT2D eigenvalue weighted by Gasteiger charge is 2.16. The highest BCUT2D eigenvalue weighted by molar-refractivity contribution is 5.93. The molecular weight excluding hydrogens is 300 g/mol. The van der Waals surface area contributed by atoms with Crippen molar-refractivity contribution in [2.24, 2.45) is 0 Å². The summed E-state index contributed by atoms with van der Waals surface area (Å²) < 4.78 is 5.53. The molecule has 0 aliphatic heterocycles. The van der Waals surface area contributed by atoms with Gasteiger partial charge in [0, 0.05) is 11.4 Å². The highest BCUT2D eigenvalue weighted by Crippen LogP contribution is 2.32. The molecule has 4 heteroatoms. The minimum absolute atomic E-state index is 0.0338. The van der Waals surface area contributed by atoms with Crippen LogP contribution in [-0.4, -0.2) is 12.5 Å². The molecular formula is C20H26N2O2. The van der Waals surface area contributed by atoms with Crippen molar-refractivity contribution in [2.75, 3.05) is 17.7 Å². The number of anilines is 2. The summed E-state index contributed by atoms with van der Waals surface area (Å²) >= 11 is 0. The van der Waals surface area contributed by atoms with Crippen molar-refractivity contribution in [3.8, 4) is 5.75 Å². The number of nitrogen functional groups attached to an aromatic ring is 1. The topological polar surface area (TPSA) is 64.3 Å². The first-order valence-corrected chi connectivity index (χ1v) is 8.29. The number of rotatable bonds is 6. The van der Waals surface area contributed by atoms with Gasteiger partial charge >= 0.3 is 0 Å². The number of nitrogens with two attached hydrogens (primary N) is 1. The van der Waals surface area contributed by atoms with Crippen LogP contribution in [0.1, 0.15) is 50.7 Å². The maximum Gasteiger partial charge on any atom is 0.262 e. The first kappa shape index (κ1) is 17.9. The molecule has 0 aliphatic rings. The Kier molecular flexibility index (Phi) is 5.85. The number of ether oxygens (including phenoxy) is 1. The number of hydrogen-bond acceptors (Lipinski definition) is 3. The monoisotopic (exact) mass is 326 g/mol. The van der Waals surface area contributed by atoms with E-state index in [1.54, 1.807) is 24.3 Å². The van der Waals surface area contributed by atoms with E-state index in [0.717, 1.165) is 16.8 Å². The van der Waals surface area contributed by atoms with Gasteiger partial charge in [-0.05, 0) is 47.2 Å². The fraction of sp³-hybridized carbons (Fsp3) is 0.350. The summed E-state index contributed by atoms with van der Waals surface area (Å²) in [5.41, 5.74) is 9.50. The molecule has 128 valence electrons. The smallest absolute Gasteiger partial charge is 0.262 e. The van der Waals surface area contributed by atoms with Crippen LogP contribution in [0.25, 0.3) is 0 Å². The Morgan fingerprint density at radius 2 is 1.54 bits per heavy atom.